The molecule has 0 aliphatic heterocycles. The molecule has 0 aliphatic rings. The van der Waals surface area contributed by atoms with Crippen LogP contribution < -0.4 is 5.32 Å². The van der Waals surface area contributed by atoms with Crippen LogP contribution in [-0.4, -0.2) is 46.6 Å². The van der Waals surface area contributed by atoms with Crippen molar-refractivity contribution in [2.24, 2.45) is 0 Å². The molecule has 0 fully saturated rings. The van der Waals surface area contributed by atoms with Crippen molar-refractivity contribution < 1.29 is 9.90 Å². The molecule has 0 saturated heterocycles. The largest absolute Gasteiger partial charge is 0.389 e. The van der Waals surface area contributed by atoms with Crippen LogP contribution in [0.4, 0.5) is 5.69 Å². The summed E-state index contributed by atoms with van der Waals surface area (Å²) in [5.74, 6) is -0.145. The minimum absolute atomic E-state index is 0.145. The predicted molar refractivity (Wildman–Crippen MR) is 76.3 cm³/mol. The van der Waals surface area contributed by atoms with Crippen LogP contribution in [0.3, 0.4) is 0 Å². The Balaban J connectivity index is 2.86. The van der Waals surface area contributed by atoms with Crippen molar-refractivity contribution >= 4 is 11.6 Å². The van der Waals surface area contributed by atoms with Crippen molar-refractivity contribution in [2.75, 3.05) is 25.5 Å². The van der Waals surface area contributed by atoms with E-state index in [-0.39, 0.29) is 12.5 Å². The third kappa shape index (κ3) is 4.87. The second-order valence-electron chi connectivity index (χ2n) is 5.32. The molecule has 1 amide bonds. The highest BCUT2D eigenvalue weighted by Gasteiger charge is 2.22. The Morgan fingerprint density at radius 2 is 2.21 bits per heavy atom. The standard InChI is InChI=1S/C14H23N3O2/c1-5-7-16-12-6-8-15-9-11(12)13(18)17(4)10-14(2,3)19/h6,8-9,19H,5,7,10H2,1-4H3,(H,15,16). The van der Waals surface area contributed by atoms with Gasteiger partial charge in [-0.05, 0) is 26.3 Å². The van der Waals surface area contributed by atoms with Crippen molar-refractivity contribution in [1.29, 1.82) is 0 Å². The first-order valence-electron chi connectivity index (χ1n) is 6.51. The van der Waals surface area contributed by atoms with Crippen molar-refractivity contribution in [3.05, 3.63) is 24.0 Å². The number of carbonyl (C=O) groups is 1. The Kier molecular flexibility index (Phi) is 5.30. The number of carbonyl (C=O) groups excluding carboxylic acids is 1. The smallest absolute Gasteiger partial charge is 0.257 e. The topological polar surface area (TPSA) is 65.5 Å². The molecule has 0 bridgehead atoms. The first-order valence-corrected chi connectivity index (χ1v) is 6.51. The van der Waals surface area contributed by atoms with Crippen LogP contribution in [0.1, 0.15) is 37.6 Å². The molecule has 0 atom stereocenters. The van der Waals surface area contributed by atoms with Crippen molar-refractivity contribution in [3.63, 3.8) is 0 Å². The summed E-state index contributed by atoms with van der Waals surface area (Å²) in [6.07, 6.45) is 4.20. The average Bonchev–Trinajstić information content (AvgIpc) is 2.33. The lowest BCUT2D eigenvalue weighted by atomic mass is 10.1. The Morgan fingerprint density at radius 1 is 1.53 bits per heavy atom. The van der Waals surface area contributed by atoms with E-state index in [1.165, 1.54) is 4.90 Å². The van der Waals surface area contributed by atoms with Gasteiger partial charge in [0.15, 0.2) is 0 Å². The van der Waals surface area contributed by atoms with E-state index < -0.39 is 5.60 Å². The molecule has 1 heterocycles. The lowest BCUT2D eigenvalue weighted by Crippen LogP contribution is -2.40. The normalized spacial score (nSPS) is 11.2. The Hall–Kier alpha value is -1.62. The maximum atomic E-state index is 12.3. The summed E-state index contributed by atoms with van der Waals surface area (Å²) in [5, 5.41) is 13.0. The third-order valence-electron chi connectivity index (χ3n) is 2.59. The number of hydrogen-bond donors (Lipinski definition) is 2. The fourth-order valence-electron chi connectivity index (χ4n) is 1.84. The number of anilines is 1. The van der Waals surface area contributed by atoms with Gasteiger partial charge in [0.05, 0.1) is 16.9 Å². The molecule has 0 radical (unpaired) electrons. The van der Waals surface area contributed by atoms with Crippen LogP contribution in [0.5, 0.6) is 0 Å². The van der Waals surface area contributed by atoms with Gasteiger partial charge in [-0.15, -0.1) is 0 Å². The molecule has 0 aromatic carbocycles. The van der Waals surface area contributed by atoms with Gasteiger partial charge in [0.2, 0.25) is 0 Å². The van der Waals surface area contributed by atoms with E-state index in [4.69, 9.17) is 0 Å². The van der Waals surface area contributed by atoms with E-state index in [0.29, 0.717) is 5.56 Å². The number of aliphatic hydroxyl groups is 1. The maximum absolute atomic E-state index is 12.3. The molecule has 5 nitrogen and oxygen atoms in total. The first-order chi connectivity index (χ1) is 8.85. The zero-order valence-corrected chi connectivity index (χ0v) is 12.1. The minimum Gasteiger partial charge on any atom is -0.389 e. The Morgan fingerprint density at radius 3 is 2.79 bits per heavy atom. The van der Waals surface area contributed by atoms with Gasteiger partial charge >= 0.3 is 0 Å². The molecular weight excluding hydrogens is 242 g/mol. The van der Waals surface area contributed by atoms with Gasteiger partial charge in [-0.3, -0.25) is 9.78 Å². The van der Waals surface area contributed by atoms with Crippen LogP contribution in [0.15, 0.2) is 18.5 Å². The summed E-state index contributed by atoms with van der Waals surface area (Å²) in [4.78, 5) is 17.9. The Bertz CT molecular complexity index is 427. The number of pyridine rings is 1. The zero-order valence-electron chi connectivity index (χ0n) is 12.1. The molecule has 19 heavy (non-hydrogen) atoms. The van der Waals surface area contributed by atoms with Crippen LogP contribution in [0, 0.1) is 0 Å². The van der Waals surface area contributed by atoms with E-state index in [2.05, 4.69) is 17.2 Å². The number of rotatable bonds is 6. The summed E-state index contributed by atoms with van der Waals surface area (Å²) < 4.78 is 0. The average molecular weight is 265 g/mol. The predicted octanol–water partition coefficient (Wildman–Crippen LogP) is 1.75. The number of hydrogen-bond acceptors (Lipinski definition) is 4. The van der Waals surface area contributed by atoms with Crippen molar-refractivity contribution in [3.8, 4) is 0 Å². The van der Waals surface area contributed by atoms with Gasteiger partial charge in [0.25, 0.3) is 5.91 Å². The van der Waals surface area contributed by atoms with Gasteiger partial charge in [-0.25, -0.2) is 0 Å². The molecule has 5 heteroatoms. The molecule has 1 rings (SSSR count). The molecule has 106 valence electrons. The maximum Gasteiger partial charge on any atom is 0.257 e. The number of likely N-dealkylation sites (N-methyl/N-ethyl adjacent to an activating group) is 1. The van der Waals surface area contributed by atoms with Crippen LogP contribution >= 0.6 is 0 Å². The summed E-state index contributed by atoms with van der Waals surface area (Å²) >= 11 is 0. The van der Waals surface area contributed by atoms with Crippen LogP contribution in [0.25, 0.3) is 0 Å². The van der Waals surface area contributed by atoms with Gasteiger partial charge in [-0.1, -0.05) is 6.92 Å². The second kappa shape index (κ2) is 6.52. The fourth-order valence-corrected chi connectivity index (χ4v) is 1.84. The van der Waals surface area contributed by atoms with Crippen molar-refractivity contribution in [1.82, 2.24) is 9.88 Å². The molecule has 1 aromatic rings. The highest BCUT2D eigenvalue weighted by molar-refractivity contribution is 5.99. The van der Waals surface area contributed by atoms with Gasteiger partial charge in [0.1, 0.15) is 0 Å². The van der Waals surface area contributed by atoms with E-state index >= 15 is 0 Å². The molecule has 0 saturated carbocycles. The molecule has 0 aliphatic carbocycles. The monoisotopic (exact) mass is 265 g/mol. The second-order valence-corrected chi connectivity index (χ2v) is 5.32. The van der Waals surface area contributed by atoms with Crippen molar-refractivity contribution in [2.45, 2.75) is 32.8 Å². The number of amides is 1. The summed E-state index contributed by atoms with van der Waals surface area (Å²) in [7, 11) is 1.68. The number of nitrogens with one attached hydrogen (secondary N) is 1. The summed E-state index contributed by atoms with van der Waals surface area (Å²) in [5.41, 5.74) is 0.399. The summed E-state index contributed by atoms with van der Waals surface area (Å²) in [6.45, 7) is 6.50. The van der Waals surface area contributed by atoms with E-state index in [9.17, 15) is 9.90 Å². The molecule has 0 unspecified atom stereocenters. The molecular formula is C14H23N3O2. The lowest BCUT2D eigenvalue weighted by Gasteiger charge is -2.26. The lowest BCUT2D eigenvalue weighted by molar-refractivity contribution is 0.0368. The van der Waals surface area contributed by atoms with E-state index in [1.807, 2.05) is 0 Å². The van der Waals surface area contributed by atoms with E-state index in [0.717, 1.165) is 18.7 Å². The van der Waals surface area contributed by atoms with Gasteiger partial charge in [0, 0.05) is 32.5 Å². The zero-order chi connectivity index (χ0) is 14.5. The highest BCUT2D eigenvalue weighted by Crippen LogP contribution is 2.16. The van der Waals surface area contributed by atoms with Crippen LogP contribution in [-0.2, 0) is 0 Å². The molecule has 2 N–H and O–H groups in total. The first kappa shape index (κ1) is 15.4. The fraction of sp³-hybridized carbons (Fsp3) is 0.571. The van der Waals surface area contributed by atoms with Gasteiger partial charge in [-0.2, -0.15) is 0 Å². The quantitative estimate of drug-likeness (QED) is 0.822. The number of aromatic nitrogens is 1. The summed E-state index contributed by atoms with van der Waals surface area (Å²) in [6, 6.07) is 1.79. The Labute approximate surface area is 114 Å². The van der Waals surface area contributed by atoms with Crippen LogP contribution in [0.2, 0.25) is 0 Å². The van der Waals surface area contributed by atoms with Gasteiger partial charge < -0.3 is 15.3 Å². The third-order valence-corrected chi connectivity index (χ3v) is 2.59. The molecule has 1 aromatic heterocycles. The highest BCUT2D eigenvalue weighted by atomic mass is 16.3. The van der Waals surface area contributed by atoms with E-state index in [1.54, 1.807) is 39.4 Å². The SMILES string of the molecule is CCCNc1ccncc1C(=O)N(C)CC(C)(C)O. The number of nitrogens with zero attached hydrogens (tertiary/aromatic N) is 2. The molecule has 0 spiro atoms. The minimum atomic E-state index is -0.913.